The van der Waals surface area contributed by atoms with Crippen LogP contribution in [-0.2, 0) is 6.42 Å². The molecule has 20 heavy (non-hydrogen) atoms. The molecule has 0 aliphatic rings. The summed E-state index contributed by atoms with van der Waals surface area (Å²) in [5, 5.41) is 1.24. The van der Waals surface area contributed by atoms with E-state index < -0.39 is 0 Å². The van der Waals surface area contributed by atoms with Crippen molar-refractivity contribution in [2.45, 2.75) is 20.3 Å². The van der Waals surface area contributed by atoms with Crippen molar-refractivity contribution in [3.8, 4) is 10.6 Å². The molecule has 2 N–H and O–H groups in total. The number of benzene rings is 1. The number of imidazole rings is 2. The molecular formula is C15H14N4S. The smallest absolute Gasteiger partial charge is 0.106 e. The average Bonchev–Trinajstić information content (AvgIpc) is 3.11. The summed E-state index contributed by atoms with van der Waals surface area (Å²) in [6.07, 6.45) is 2.84. The summed E-state index contributed by atoms with van der Waals surface area (Å²) in [5.74, 6) is 1.99. The largest absolute Gasteiger partial charge is 0.342 e. The zero-order valence-electron chi connectivity index (χ0n) is 11.3. The van der Waals surface area contributed by atoms with Gasteiger partial charge in [-0.25, -0.2) is 9.97 Å². The van der Waals surface area contributed by atoms with Gasteiger partial charge in [-0.2, -0.15) is 0 Å². The number of rotatable bonds is 2. The number of H-pyrrole nitrogens is 2. The lowest BCUT2D eigenvalue weighted by atomic mass is 10.2. The number of aromatic nitrogens is 4. The monoisotopic (exact) mass is 282 g/mol. The molecule has 100 valence electrons. The molecule has 3 heterocycles. The summed E-state index contributed by atoms with van der Waals surface area (Å²) in [6.45, 7) is 4.08. The molecule has 4 nitrogen and oxygen atoms in total. The minimum absolute atomic E-state index is 0.928. The predicted molar refractivity (Wildman–Crippen MR) is 83.2 cm³/mol. The molecule has 0 spiro atoms. The molecule has 1 aromatic carbocycles. The zero-order chi connectivity index (χ0) is 13.7. The van der Waals surface area contributed by atoms with Crippen molar-refractivity contribution < 1.29 is 0 Å². The topological polar surface area (TPSA) is 57.4 Å². The van der Waals surface area contributed by atoms with E-state index in [1.807, 2.05) is 13.1 Å². The van der Waals surface area contributed by atoms with Gasteiger partial charge in [0.25, 0.3) is 0 Å². The zero-order valence-corrected chi connectivity index (χ0v) is 12.1. The van der Waals surface area contributed by atoms with E-state index in [4.69, 9.17) is 0 Å². The highest BCUT2D eigenvalue weighted by Crippen LogP contribution is 2.34. The molecule has 0 saturated carbocycles. The second kappa shape index (κ2) is 4.18. The second-order valence-corrected chi connectivity index (χ2v) is 6.02. The van der Waals surface area contributed by atoms with Crippen LogP contribution in [0.1, 0.15) is 18.6 Å². The van der Waals surface area contributed by atoms with Gasteiger partial charge in [0.1, 0.15) is 11.6 Å². The summed E-state index contributed by atoms with van der Waals surface area (Å²) in [7, 11) is 0. The molecule has 0 aliphatic carbocycles. The number of nitrogens with zero attached hydrogens (tertiary/aromatic N) is 2. The van der Waals surface area contributed by atoms with Crippen molar-refractivity contribution >= 4 is 32.5 Å². The minimum atomic E-state index is 0.928. The Morgan fingerprint density at radius 2 is 2.10 bits per heavy atom. The van der Waals surface area contributed by atoms with Gasteiger partial charge >= 0.3 is 0 Å². The molecule has 4 aromatic rings. The van der Waals surface area contributed by atoms with E-state index >= 15 is 0 Å². The van der Waals surface area contributed by atoms with Crippen LogP contribution in [-0.4, -0.2) is 19.9 Å². The quantitative estimate of drug-likeness (QED) is 0.583. The summed E-state index contributed by atoms with van der Waals surface area (Å²) >= 11 is 1.77. The lowest BCUT2D eigenvalue weighted by Crippen LogP contribution is -1.80. The number of aromatic amines is 2. The Morgan fingerprint density at radius 3 is 2.90 bits per heavy atom. The first-order valence-corrected chi connectivity index (χ1v) is 7.49. The summed E-state index contributed by atoms with van der Waals surface area (Å²) in [5.41, 5.74) is 3.22. The second-order valence-electron chi connectivity index (χ2n) is 4.94. The fourth-order valence-electron chi connectivity index (χ4n) is 2.47. The van der Waals surface area contributed by atoms with Crippen LogP contribution in [0.2, 0.25) is 0 Å². The Hall–Kier alpha value is -2.14. The molecule has 0 amide bonds. The third-order valence-corrected chi connectivity index (χ3v) is 4.60. The lowest BCUT2D eigenvalue weighted by molar-refractivity contribution is 0.991. The number of hydrogen-bond acceptors (Lipinski definition) is 3. The van der Waals surface area contributed by atoms with Gasteiger partial charge in [-0.1, -0.05) is 6.92 Å². The van der Waals surface area contributed by atoms with E-state index in [1.54, 1.807) is 11.3 Å². The average molecular weight is 282 g/mol. The van der Waals surface area contributed by atoms with E-state index in [2.05, 4.69) is 45.1 Å². The first-order valence-electron chi connectivity index (χ1n) is 6.67. The van der Waals surface area contributed by atoms with Gasteiger partial charge in [0, 0.05) is 11.1 Å². The normalized spacial score (nSPS) is 11.7. The van der Waals surface area contributed by atoms with Gasteiger partial charge in [0.15, 0.2) is 0 Å². The number of aryl methyl sites for hydroxylation is 2. The fraction of sp³-hybridized carbons (Fsp3) is 0.200. The first kappa shape index (κ1) is 11.7. The van der Waals surface area contributed by atoms with Gasteiger partial charge in [0.2, 0.25) is 0 Å². The van der Waals surface area contributed by atoms with Crippen LogP contribution in [0, 0.1) is 6.92 Å². The molecule has 0 atom stereocenters. The summed E-state index contributed by atoms with van der Waals surface area (Å²) in [6, 6.07) is 6.53. The van der Waals surface area contributed by atoms with Gasteiger partial charge < -0.3 is 9.97 Å². The molecule has 0 bridgehead atoms. The van der Waals surface area contributed by atoms with E-state index in [-0.39, 0.29) is 0 Å². The van der Waals surface area contributed by atoms with Crippen LogP contribution in [0.5, 0.6) is 0 Å². The van der Waals surface area contributed by atoms with Crippen molar-refractivity contribution in [1.29, 1.82) is 0 Å². The molecule has 0 saturated heterocycles. The number of fused-ring (bicyclic) bond motifs is 2. The maximum absolute atomic E-state index is 4.49. The van der Waals surface area contributed by atoms with Crippen LogP contribution in [0.15, 0.2) is 24.4 Å². The molecule has 0 aliphatic heterocycles. The minimum Gasteiger partial charge on any atom is -0.342 e. The number of nitrogens with one attached hydrogen (secondary N) is 2. The van der Waals surface area contributed by atoms with Crippen LogP contribution in [0.25, 0.3) is 31.7 Å². The number of thiophene rings is 1. The maximum atomic E-state index is 4.49. The predicted octanol–water partition coefficient (Wildman–Crippen LogP) is 4.04. The van der Waals surface area contributed by atoms with Gasteiger partial charge in [-0.15, -0.1) is 11.3 Å². The Kier molecular flexibility index (Phi) is 2.44. The van der Waals surface area contributed by atoms with Crippen molar-refractivity contribution in [2.24, 2.45) is 0 Å². The maximum Gasteiger partial charge on any atom is 0.106 e. The molecule has 0 unspecified atom stereocenters. The Bertz CT molecular complexity index is 862. The lowest BCUT2D eigenvalue weighted by Gasteiger charge is -1.89. The third kappa shape index (κ3) is 1.74. The highest BCUT2D eigenvalue weighted by atomic mass is 32.1. The van der Waals surface area contributed by atoms with Crippen molar-refractivity contribution in [1.82, 2.24) is 19.9 Å². The van der Waals surface area contributed by atoms with E-state index in [1.165, 1.54) is 15.0 Å². The SMILES string of the molecule is CCc1ncc(-c2cc3cc4[nH]c(C)nc4cc3s2)[nH]1. The molecule has 4 rings (SSSR count). The van der Waals surface area contributed by atoms with Gasteiger partial charge in [0.05, 0.1) is 27.8 Å². The van der Waals surface area contributed by atoms with Crippen LogP contribution in [0.3, 0.4) is 0 Å². The molecular weight excluding hydrogens is 268 g/mol. The first-order chi connectivity index (χ1) is 9.72. The Balaban J connectivity index is 1.89. The fourth-order valence-corrected chi connectivity index (χ4v) is 3.52. The number of hydrogen-bond donors (Lipinski definition) is 2. The van der Waals surface area contributed by atoms with Gasteiger partial charge in [-0.3, -0.25) is 0 Å². The van der Waals surface area contributed by atoms with E-state index in [0.29, 0.717) is 0 Å². The summed E-state index contributed by atoms with van der Waals surface area (Å²) < 4.78 is 1.26. The summed E-state index contributed by atoms with van der Waals surface area (Å²) in [4.78, 5) is 16.7. The van der Waals surface area contributed by atoms with Crippen LogP contribution < -0.4 is 0 Å². The Labute approximate surface area is 119 Å². The van der Waals surface area contributed by atoms with E-state index in [0.717, 1.165) is 34.8 Å². The van der Waals surface area contributed by atoms with E-state index in [9.17, 15) is 0 Å². The highest BCUT2D eigenvalue weighted by molar-refractivity contribution is 7.22. The van der Waals surface area contributed by atoms with Crippen LogP contribution in [0.4, 0.5) is 0 Å². The molecule has 0 fully saturated rings. The Morgan fingerprint density at radius 1 is 1.20 bits per heavy atom. The third-order valence-electron chi connectivity index (χ3n) is 3.47. The van der Waals surface area contributed by atoms with Gasteiger partial charge in [-0.05, 0) is 30.5 Å². The standard InChI is InChI=1S/C15H14N4S/c1-3-15-16-7-12(19-15)14-5-9-4-10-11(6-13(9)20-14)18-8(2)17-10/h4-7H,3H2,1-2H3,(H,16,19)(H,17,18). The molecule has 0 radical (unpaired) electrons. The van der Waals surface area contributed by atoms with Crippen molar-refractivity contribution in [2.75, 3.05) is 0 Å². The molecule has 3 aromatic heterocycles. The molecule has 5 heteroatoms. The van der Waals surface area contributed by atoms with Crippen molar-refractivity contribution in [3.05, 3.63) is 36.0 Å². The van der Waals surface area contributed by atoms with Crippen LogP contribution >= 0.6 is 11.3 Å². The highest BCUT2D eigenvalue weighted by Gasteiger charge is 2.09. The van der Waals surface area contributed by atoms with Crippen molar-refractivity contribution in [3.63, 3.8) is 0 Å².